The van der Waals surface area contributed by atoms with Gasteiger partial charge in [0.05, 0.1) is 17.4 Å². The summed E-state index contributed by atoms with van der Waals surface area (Å²) in [7, 11) is 0. The summed E-state index contributed by atoms with van der Waals surface area (Å²) >= 11 is 0. The molecule has 0 saturated heterocycles. The number of pyridine rings is 1. The van der Waals surface area contributed by atoms with E-state index >= 15 is 0 Å². The lowest BCUT2D eigenvalue weighted by molar-refractivity contribution is 0.102. The van der Waals surface area contributed by atoms with Crippen LogP contribution in [0.5, 0.6) is 0 Å². The van der Waals surface area contributed by atoms with Crippen LogP contribution in [0.3, 0.4) is 0 Å². The highest BCUT2D eigenvalue weighted by atomic mass is 19.2. The Labute approximate surface area is 131 Å². The van der Waals surface area contributed by atoms with Crippen molar-refractivity contribution < 1.29 is 18.0 Å². The van der Waals surface area contributed by atoms with Crippen molar-refractivity contribution in [3.05, 3.63) is 53.5 Å². The van der Waals surface area contributed by atoms with Crippen molar-refractivity contribution in [2.45, 2.75) is 19.8 Å². The van der Waals surface area contributed by atoms with Crippen LogP contribution in [0.2, 0.25) is 0 Å². The number of carbonyl (C=O) groups is 1. The largest absolute Gasteiger partial charge is 0.384 e. The molecule has 0 radical (unpaired) electrons. The molecule has 4 nitrogen and oxygen atoms in total. The number of halogens is 3. The molecule has 7 heteroatoms. The van der Waals surface area contributed by atoms with Crippen molar-refractivity contribution in [1.82, 2.24) is 4.98 Å². The number of hydrogen-bond donors (Lipinski definition) is 2. The minimum atomic E-state index is -1.68. The first-order valence-electron chi connectivity index (χ1n) is 7.17. The zero-order chi connectivity index (χ0) is 16.8. The van der Waals surface area contributed by atoms with E-state index in [0.29, 0.717) is 6.07 Å². The number of nitrogens with zero attached hydrogens (tertiary/aromatic N) is 1. The van der Waals surface area contributed by atoms with Gasteiger partial charge in [-0.2, -0.15) is 0 Å². The summed E-state index contributed by atoms with van der Waals surface area (Å²) in [6.45, 7) is 2.89. The molecule has 0 aliphatic heterocycles. The molecule has 0 spiro atoms. The molecule has 0 aliphatic carbocycles. The van der Waals surface area contributed by atoms with Crippen molar-refractivity contribution in [2.24, 2.45) is 0 Å². The smallest absolute Gasteiger partial charge is 0.259 e. The molecular formula is C16H16F3N3O. The molecule has 1 amide bonds. The molecule has 2 rings (SSSR count). The van der Waals surface area contributed by atoms with Gasteiger partial charge in [-0.3, -0.25) is 4.79 Å². The molecular weight excluding hydrogens is 307 g/mol. The normalized spacial score (nSPS) is 10.4. The number of aromatic nitrogens is 1. The number of nitrogens with one attached hydrogen (secondary N) is 2. The lowest BCUT2D eigenvalue weighted by Crippen LogP contribution is -2.16. The van der Waals surface area contributed by atoms with E-state index in [4.69, 9.17) is 0 Å². The molecule has 0 aliphatic rings. The number of anilines is 2. The molecule has 1 heterocycles. The van der Waals surface area contributed by atoms with Crippen molar-refractivity contribution in [1.29, 1.82) is 0 Å². The van der Waals surface area contributed by atoms with Gasteiger partial charge in [-0.05, 0) is 30.7 Å². The van der Waals surface area contributed by atoms with Gasteiger partial charge in [0, 0.05) is 6.54 Å². The lowest BCUT2D eigenvalue weighted by Gasteiger charge is -2.08. The summed E-state index contributed by atoms with van der Waals surface area (Å²) in [6.07, 6.45) is 3.61. The Kier molecular flexibility index (Phi) is 5.56. The minimum Gasteiger partial charge on any atom is -0.384 e. The summed E-state index contributed by atoms with van der Waals surface area (Å²) in [5.41, 5.74) is 0.200. The van der Waals surface area contributed by atoms with E-state index in [2.05, 4.69) is 22.5 Å². The molecule has 1 aromatic heterocycles. The highest BCUT2D eigenvalue weighted by Gasteiger charge is 2.19. The van der Waals surface area contributed by atoms with Crippen LogP contribution in [0.1, 0.15) is 30.1 Å². The van der Waals surface area contributed by atoms with Gasteiger partial charge < -0.3 is 10.6 Å². The number of amides is 1. The van der Waals surface area contributed by atoms with Crippen LogP contribution in [0, 0.1) is 17.5 Å². The standard InChI is InChI=1S/C16H16F3N3O/c1-2-3-8-20-10-4-7-13(21-9-10)22-16(23)11-5-6-12(17)15(19)14(11)18/h4-7,9,20H,2-3,8H2,1H3,(H,21,22,23). The fraction of sp³-hybridized carbons (Fsp3) is 0.250. The van der Waals surface area contributed by atoms with E-state index in [1.165, 1.54) is 12.3 Å². The van der Waals surface area contributed by atoms with Gasteiger partial charge in [-0.25, -0.2) is 18.2 Å². The first kappa shape index (κ1) is 16.8. The predicted octanol–water partition coefficient (Wildman–Crippen LogP) is 3.96. The van der Waals surface area contributed by atoms with Gasteiger partial charge in [0.1, 0.15) is 5.82 Å². The van der Waals surface area contributed by atoms with Crippen LogP contribution >= 0.6 is 0 Å². The van der Waals surface area contributed by atoms with Crippen molar-refractivity contribution in [3.8, 4) is 0 Å². The molecule has 23 heavy (non-hydrogen) atoms. The van der Waals surface area contributed by atoms with Crippen molar-refractivity contribution >= 4 is 17.4 Å². The summed E-state index contributed by atoms with van der Waals surface area (Å²) in [6, 6.07) is 4.81. The molecule has 0 atom stereocenters. The van der Waals surface area contributed by atoms with E-state index in [9.17, 15) is 18.0 Å². The molecule has 2 aromatic rings. The molecule has 0 saturated carbocycles. The number of unbranched alkanes of at least 4 members (excludes halogenated alkanes) is 1. The van der Waals surface area contributed by atoms with E-state index < -0.39 is 28.9 Å². The number of carbonyl (C=O) groups excluding carboxylic acids is 1. The van der Waals surface area contributed by atoms with Crippen molar-refractivity contribution in [3.63, 3.8) is 0 Å². The summed E-state index contributed by atoms with van der Waals surface area (Å²) in [4.78, 5) is 15.9. The third-order valence-corrected chi connectivity index (χ3v) is 3.14. The Morgan fingerprint density at radius 3 is 2.57 bits per heavy atom. The molecule has 0 unspecified atom stereocenters. The first-order chi connectivity index (χ1) is 11.0. The van der Waals surface area contributed by atoms with Crippen LogP contribution in [0.4, 0.5) is 24.7 Å². The SMILES string of the molecule is CCCCNc1ccc(NC(=O)c2ccc(F)c(F)c2F)nc1. The lowest BCUT2D eigenvalue weighted by atomic mass is 10.2. The quantitative estimate of drug-likeness (QED) is 0.625. The molecule has 0 bridgehead atoms. The maximum absolute atomic E-state index is 13.5. The maximum atomic E-state index is 13.5. The van der Waals surface area contributed by atoms with Gasteiger partial charge in [0.15, 0.2) is 17.5 Å². The number of rotatable bonds is 6. The Balaban J connectivity index is 2.04. The fourth-order valence-electron chi connectivity index (χ4n) is 1.87. The number of benzene rings is 1. The van der Waals surface area contributed by atoms with E-state index in [1.54, 1.807) is 6.07 Å². The Bertz CT molecular complexity index is 690. The van der Waals surface area contributed by atoms with Crippen LogP contribution in [0.15, 0.2) is 30.5 Å². The fourth-order valence-corrected chi connectivity index (χ4v) is 1.87. The van der Waals surface area contributed by atoms with Gasteiger partial charge >= 0.3 is 0 Å². The second-order valence-corrected chi connectivity index (χ2v) is 4.89. The molecule has 1 aromatic carbocycles. The Morgan fingerprint density at radius 2 is 1.91 bits per heavy atom. The first-order valence-corrected chi connectivity index (χ1v) is 7.17. The average Bonchev–Trinajstić information content (AvgIpc) is 2.54. The second-order valence-electron chi connectivity index (χ2n) is 4.89. The zero-order valence-corrected chi connectivity index (χ0v) is 12.5. The second kappa shape index (κ2) is 7.62. The van der Waals surface area contributed by atoms with Crippen molar-refractivity contribution in [2.75, 3.05) is 17.2 Å². The summed E-state index contributed by atoms with van der Waals surface area (Å²) < 4.78 is 39.5. The Morgan fingerprint density at radius 1 is 1.13 bits per heavy atom. The third kappa shape index (κ3) is 4.21. The zero-order valence-electron chi connectivity index (χ0n) is 12.5. The topological polar surface area (TPSA) is 54.0 Å². The highest BCUT2D eigenvalue weighted by Crippen LogP contribution is 2.17. The molecule has 122 valence electrons. The van der Waals surface area contributed by atoms with E-state index in [-0.39, 0.29) is 5.82 Å². The maximum Gasteiger partial charge on any atom is 0.259 e. The van der Waals surface area contributed by atoms with Gasteiger partial charge in [-0.15, -0.1) is 0 Å². The van der Waals surface area contributed by atoms with Gasteiger partial charge in [0.25, 0.3) is 5.91 Å². The Hall–Kier alpha value is -2.57. The van der Waals surface area contributed by atoms with Crippen LogP contribution in [0.25, 0.3) is 0 Å². The minimum absolute atomic E-state index is 0.181. The molecule has 2 N–H and O–H groups in total. The predicted molar refractivity (Wildman–Crippen MR) is 81.9 cm³/mol. The van der Waals surface area contributed by atoms with Gasteiger partial charge in [0.2, 0.25) is 0 Å². The van der Waals surface area contributed by atoms with Gasteiger partial charge in [-0.1, -0.05) is 13.3 Å². The average molecular weight is 323 g/mol. The van der Waals surface area contributed by atoms with Crippen LogP contribution in [-0.4, -0.2) is 17.4 Å². The summed E-state index contributed by atoms with van der Waals surface area (Å²) in [5, 5.41) is 5.49. The summed E-state index contributed by atoms with van der Waals surface area (Å²) in [5.74, 6) is -5.28. The van der Waals surface area contributed by atoms with Crippen LogP contribution < -0.4 is 10.6 Å². The highest BCUT2D eigenvalue weighted by molar-refractivity contribution is 6.04. The van der Waals surface area contributed by atoms with Crippen LogP contribution in [-0.2, 0) is 0 Å². The third-order valence-electron chi connectivity index (χ3n) is 3.14. The molecule has 0 fully saturated rings. The number of hydrogen-bond acceptors (Lipinski definition) is 3. The monoisotopic (exact) mass is 323 g/mol. The van der Waals surface area contributed by atoms with E-state index in [0.717, 1.165) is 31.1 Å². The van der Waals surface area contributed by atoms with E-state index in [1.807, 2.05) is 0 Å².